The van der Waals surface area contributed by atoms with Gasteiger partial charge in [0.2, 0.25) is 0 Å². The van der Waals surface area contributed by atoms with Crippen molar-refractivity contribution in [2.75, 3.05) is 25.0 Å². The number of hydrogen-bond acceptors (Lipinski definition) is 3. The molecule has 0 saturated heterocycles. The number of amides is 1. The average molecular weight is 351 g/mol. The zero-order chi connectivity index (χ0) is 18.3. The summed E-state index contributed by atoms with van der Waals surface area (Å²) < 4.78 is 37.6. The predicted molar refractivity (Wildman–Crippen MR) is 90.4 cm³/mol. The Balaban J connectivity index is 1.92. The molecule has 0 saturated carbocycles. The maximum Gasteiger partial charge on any atom is 0.416 e. The highest BCUT2D eigenvalue weighted by Crippen LogP contribution is 2.29. The topological polar surface area (TPSA) is 45.2 Å². The first kappa shape index (κ1) is 18.8. The van der Waals surface area contributed by atoms with Gasteiger partial charge in [-0.05, 0) is 42.8 Å². The van der Waals surface area contributed by atoms with E-state index in [4.69, 9.17) is 0 Å². The highest BCUT2D eigenvalue weighted by atomic mass is 19.4. The molecule has 1 heterocycles. The van der Waals surface area contributed by atoms with Crippen LogP contribution in [0.1, 0.15) is 29.3 Å². The quantitative estimate of drug-likeness (QED) is 0.818. The number of pyridine rings is 1. The third kappa shape index (κ3) is 5.48. The Kier molecular flexibility index (Phi) is 6.38. The fraction of sp³-hybridized carbons (Fsp3) is 0.333. The van der Waals surface area contributed by atoms with Gasteiger partial charge in [-0.3, -0.25) is 9.78 Å². The van der Waals surface area contributed by atoms with Gasteiger partial charge < -0.3 is 10.2 Å². The van der Waals surface area contributed by atoms with E-state index in [0.717, 1.165) is 18.6 Å². The number of rotatable bonds is 7. The number of carbonyl (C=O) groups is 1. The molecular formula is C18H20F3N3O. The van der Waals surface area contributed by atoms with Crippen LogP contribution in [-0.2, 0) is 6.18 Å². The van der Waals surface area contributed by atoms with Gasteiger partial charge >= 0.3 is 6.18 Å². The van der Waals surface area contributed by atoms with E-state index < -0.39 is 11.7 Å². The van der Waals surface area contributed by atoms with Gasteiger partial charge in [-0.25, -0.2) is 0 Å². The highest BCUT2D eigenvalue weighted by Gasteiger charge is 2.29. The van der Waals surface area contributed by atoms with Crippen LogP contribution in [0.2, 0.25) is 0 Å². The summed E-state index contributed by atoms with van der Waals surface area (Å²) in [4.78, 5) is 18.1. The predicted octanol–water partition coefficient (Wildman–Crippen LogP) is 4.06. The fourth-order valence-corrected chi connectivity index (χ4v) is 2.37. The molecule has 0 bridgehead atoms. The minimum Gasteiger partial charge on any atom is -0.383 e. The standard InChI is InChI=1S/C18H20F3N3O/c1-2-11-24(17(25)14-4-3-9-22-13-14)12-10-23-16-7-5-15(6-8-16)18(19,20)21/h3-9,13,23H,2,10-12H2,1H3. The molecule has 1 N–H and O–H groups in total. The minimum absolute atomic E-state index is 0.107. The molecule has 4 nitrogen and oxygen atoms in total. The zero-order valence-electron chi connectivity index (χ0n) is 13.9. The lowest BCUT2D eigenvalue weighted by molar-refractivity contribution is -0.137. The monoisotopic (exact) mass is 351 g/mol. The van der Waals surface area contributed by atoms with Gasteiger partial charge in [-0.2, -0.15) is 13.2 Å². The molecule has 0 aliphatic carbocycles. The fourth-order valence-electron chi connectivity index (χ4n) is 2.37. The van der Waals surface area contributed by atoms with E-state index in [1.54, 1.807) is 23.2 Å². The first-order valence-corrected chi connectivity index (χ1v) is 8.02. The molecule has 0 aliphatic rings. The number of aromatic nitrogens is 1. The van der Waals surface area contributed by atoms with Crippen molar-refractivity contribution in [2.45, 2.75) is 19.5 Å². The molecular weight excluding hydrogens is 331 g/mol. The summed E-state index contributed by atoms with van der Waals surface area (Å²) in [6.45, 7) is 3.47. The molecule has 1 amide bonds. The second-order valence-corrected chi connectivity index (χ2v) is 5.54. The number of carbonyl (C=O) groups excluding carboxylic acids is 1. The van der Waals surface area contributed by atoms with Crippen LogP contribution in [0.15, 0.2) is 48.8 Å². The van der Waals surface area contributed by atoms with Crippen molar-refractivity contribution in [2.24, 2.45) is 0 Å². The molecule has 134 valence electrons. The van der Waals surface area contributed by atoms with E-state index in [2.05, 4.69) is 10.3 Å². The number of hydrogen-bond donors (Lipinski definition) is 1. The van der Waals surface area contributed by atoms with Crippen LogP contribution in [0.5, 0.6) is 0 Å². The molecule has 0 unspecified atom stereocenters. The molecule has 0 radical (unpaired) electrons. The Hall–Kier alpha value is -2.57. The van der Waals surface area contributed by atoms with Crippen LogP contribution in [0.4, 0.5) is 18.9 Å². The third-order valence-electron chi connectivity index (χ3n) is 3.61. The molecule has 25 heavy (non-hydrogen) atoms. The first-order chi connectivity index (χ1) is 11.9. The van der Waals surface area contributed by atoms with Crippen molar-refractivity contribution < 1.29 is 18.0 Å². The largest absolute Gasteiger partial charge is 0.416 e. The summed E-state index contributed by atoms with van der Waals surface area (Å²) in [6.07, 6.45) is -0.403. The van der Waals surface area contributed by atoms with E-state index in [0.29, 0.717) is 30.9 Å². The molecule has 0 aliphatic heterocycles. The molecule has 0 atom stereocenters. The third-order valence-corrected chi connectivity index (χ3v) is 3.61. The van der Waals surface area contributed by atoms with Crippen molar-refractivity contribution in [3.63, 3.8) is 0 Å². The van der Waals surface area contributed by atoms with Gasteiger partial charge in [0.05, 0.1) is 11.1 Å². The van der Waals surface area contributed by atoms with Crippen LogP contribution < -0.4 is 5.32 Å². The van der Waals surface area contributed by atoms with Crippen molar-refractivity contribution >= 4 is 11.6 Å². The molecule has 0 spiro atoms. The van der Waals surface area contributed by atoms with Crippen molar-refractivity contribution in [3.05, 3.63) is 59.9 Å². The Morgan fingerprint density at radius 1 is 1.16 bits per heavy atom. The summed E-state index contributed by atoms with van der Waals surface area (Å²) in [6, 6.07) is 8.25. The normalized spacial score (nSPS) is 11.2. The molecule has 7 heteroatoms. The number of nitrogens with one attached hydrogen (secondary N) is 1. The molecule has 2 aromatic rings. The van der Waals surface area contributed by atoms with Crippen molar-refractivity contribution in [1.29, 1.82) is 0 Å². The first-order valence-electron chi connectivity index (χ1n) is 8.02. The second-order valence-electron chi connectivity index (χ2n) is 5.54. The zero-order valence-corrected chi connectivity index (χ0v) is 13.9. The summed E-state index contributed by atoms with van der Waals surface area (Å²) in [5.41, 5.74) is 0.418. The van der Waals surface area contributed by atoms with Gasteiger partial charge in [-0.1, -0.05) is 6.92 Å². The van der Waals surface area contributed by atoms with E-state index in [9.17, 15) is 18.0 Å². The van der Waals surface area contributed by atoms with Gasteiger partial charge in [-0.15, -0.1) is 0 Å². The Morgan fingerprint density at radius 2 is 1.88 bits per heavy atom. The Labute approximate surface area is 144 Å². The van der Waals surface area contributed by atoms with Crippen LogP contribution >= 0.6 is 0 Å². The molecule has 0 fully saturated rings. The van der Waals surface area contributed by atoms with Crippen molar-refractivity contribution in [3.8, 4) is 0 Å². The number of benzene rings is 1. The van der Waals surface area contributed by atoms with Crippen LogP contribution in [0, 0.1) is 0 Å². The lowest BCUT2D eigenvalue weighted by Gasteiger charge is -2.22. The van der Waals surface area contributed by atoms with Gasteiger partial charge in [0.1, 0.15) is 0 Å². The van der Waals surface area contributed by atoms with Crippen LogP contribution in [0.3, 0.4) is 0 Å². The summed E-state index contributed by atoms with van der Waals surface area (Å²) in [7, 11) is 0. The maximum absolute atomic E-state index is 12.5. The lowest BCUT2D eigenvalue weighted by Crippen LogP contribution is -2.35. The smallest absolute Gasteiger partial charge is 0.383 e. The van der Waals surface area contributed by atoms with Gasteiger partial charge in [0.15, 0.2) is 0 Å². The number of halogens is 3. The number of anilines is 1. The van der Waals surface area contributed by atoms with Gasteiger partial charge in [0, 0.05) is 37.7 Å². The van der Waals surface area contributed by atoms with E-state index in [1.807, 2.05) is 6.92 Å². The van der Waals surface area contributed by atoms with Crippen molar-refractivity contribution in [1.82, 2.24) is 9.88 Å². The average Bonchev–Trinajstić information content (AvgIpc) is 2.61. The number of alkyl halides is 3. The molecule has 1 aromatic carbocycles. The summed E-state index contributed by atoms with van der Waals surface area (Å²) >= 11 is 0. The van der Waals surface area contributed by atoms with Gasteiger partial charge in [0.25, 0.3) is 5.91 Å². The van der Waals surface area contributed by atoms with E-state index >= 15 is 0 Å². The SMILES string of the molecule is CCCN(CCNc1ccc(C(F)(F)F)cc1)C(=O)c1cccnc1. The summed E-state index contributed by atoms with van der Waals surface area (Å²) in [5, 5.41) is 3.04. The number of nitrogens with zero attached hydrogens (tertiary/aromatic N) is 2. The van der Waals surface area contributed by atoms with E-state index in [1.165, 1.54) is 18.3 Å². The minimum atomic E-state index is -4.34. The Bertz CT molecular complexity index is 672. The Morgan fingerprint density at radius 3 is 2.44 bits per heavy atom. The van der Waals surface area contributed by atoms with Crippen LogP contribution in [0.25, 0.3) is 0 Å². The lowest BCUT2D eigenvalue weighted by atomic mass is 10.2. The summed E-state index contributed by atoms with van der Waals surface area (Å²) in [5.74, 6) is -0.107. The maximum atomic E-state index is 12.5. The molecule has 2 rings (SSSR count). The van der Waals surface area contributed by atoms with Crippen LogP contribution in [-0.4, -0.2) is 35.4 Å². The second kappa shape index (κ2) is 8.50. The van der Waals surface area contributed by atoms with E-state index in [-0.39, 0.29) is 5.91 Å². The highest BCUT2D eigenvalue weighted by molar-refractivity contribution is 5.93. The molecule has 1 aromatic heterocycles.